The standard InChI is InChI=1S/C24H15ClF3N3O/c25-19-7-3-4-8-20(19)31-21(13-22(30-31)24(26,27)28)23(32)29-16-9-10-18-15(12-16)11-14-5-1-2-6-17(14)18/h1-10,12-13H,11H2,(H,29,32). The number of nitrogens with zero attached hydrogens (tertiary/aromatic N) is 2. The van der Waals surface area contributed by atoms with Crippen molar-refractivity contribution in [2.45, 2.75) is 12.6 Å². The maximum absolute atomic E-state index is 13.3. The molecule has 1 amide bonds. The van der Waals surface area contributed by atoms with Gasteiger partial charge < -0.3 is 5.32 Å². The van der Waals surface area contributed by atoms with Gasteiger partial charge in [0.25, 0.3) is 5.91 Å². The van der Waals surface area contributed by atoms with Crippen molar-refractivity contribution < 1.29 is 18.0 Å². The highest BCUT2D eigenvalue weighted by atomic mass is 35.5. The number of benzene rings is 3. The van der Waals surface area contributed by atoms with E-state index < -0.39 is 17.8 Å². The Morgan fingerprint density at radius 2 is 1.66 bits per heavy atom. The van der Waals surface area contributed by atoms with Gasteiger partial charge in [-0.2, -0.15) is 18.3 Å². The fourth-order valence-electron chi connectivity index (χ4n) is 3.91. The number of carbonyl (C=O) groups is 1. The lowest BCUT2D eigenvalue weighted by atomic mass is 10.1. The summed E-state index contributed by atoms with van der Waals surface area (Å²) in [6.45, 7) is 0. The van der Waals surface area contributed by atoms with Crippen molar-refractivity contribution in [1.29, 1.82) is 0 Å². The third kappa shape index (κ3) is 3.54. The molecule has 0 saturated heterocycles. The van der Waals surface area contributed by atoms with Gasteiger partial charge in [0.05, 0.1) is 10.7 Å². The minimum Gasteiger partial charge on any atom is -0.321 e. The van der Waals surface area contributed by atoms with E-state index in [1.807, 2.05) is 30.3 Å². The van der Waals surface area contributed by atoms with Crippen LogP contribution in [0, 0.1) is 0 Å². The highest BCUT2D eigenvalue weighted by molar-refractivity contribution is 6.32. The summed E-state index contributed by atoms with van der Waals surface area (Å²) in [5.74, 6) is -0.719. The number of hydrogen-bond donors (Lipinski definition) is 1. The van der Waals surface area contributed by atoms with Crippen LogP contribution in [-0.4, -0.2) is 15.7 Å². The second-order valence-corrected chi connectivity index (χ2v) is 7.84. The van der Waals surface area contributed by atoms with Gasteiger partial charge in [0.1, 0.15) is 5.69 Å². The molecule has 1 heterocycles. The van der Waals surface area contributed by atoms with Crippen molar-refractivity contribution in [2.75, 3.05) is 5.32 Å². The van der Waals surface area contributed by atoms with Gasteiger partial charge in [0.15, 0.2) is 5.69 Å². The number of anilines is 1. The molecule has 0 bridgehead atoms. The van der Waals surface area contributed by atoms with E-state index in [2.05, 4.69) is 16.5 Å². The molecule has 4 aromatic rings. The summed E-state index contributed by atoms with van der Waals surface area (Å²) in [4.78, 5) is 13.0. The van der Waals surface area contributed by atoms with Crippen LogP contribution in [0.2, 0.25) is 5.02 Å². The van der Waals surface area contributed by atoms with Crippen LogP contribution in [0.4, 0.5) is 18.9 Å². The van der Waals surface area contributed by atoms with Crippen LogP contribution in [-0.2, 0) is 12.6 Å². The molecule has 1 aliphatic rings. The van der Waals surface area contributed by atoms with Gasteiger partial charge in [-0.25, -0.2) is 4.68 Å². The van der Waals surface area contributed by atoms with Crippen LogP contribution >= 0.6 is 11.6 Å². The maximum atomic E-state index is 13.3. The highest BCUT2D eigenvalue weighted by Crippen LogP contribution is 2.38. The fraction of sp³-hybridized carbons (Fsp3) is 0.0833. The summed E-state index contributed by atoms with van der Waals surface area (Å²) < 4.78 is 40.9. The summed E-state index contributed by atoms with van der Waals surface area (Å²) in [7, 11) is 0. The van der Waals surface area contributed by atoms with Gasteiger partial charge in [-0.1, -0.05) is 54.1 Å². The molecule has 0 aliphatic heterocycles. The zero-order chi connectivity index (χ0) is 22.5. The van der Waals surface area contributed by atoms with E-state index in [-0.39, 0.29) is 16.4 Å². The van der Waals surface area contributed by atoms with Gasteiger partial charge >= 0.3 is 6.18 Å². The predicted molar refractivity (Wildman–Crippen MR) is 116 cm³/mol. The predicted octanol–water partition coefficient (Wildman–Crippen LogP) is 6.37. The molecule has 1 aromatic heterocycles. The van der Waals surface area contributed by atoms with Crippen LogP contribution in [0.15, 0.2) is 72.8 Å². The van der Waals surface area contributed by atoms with Crippen LogP contribution in [0.5, 0.6) is 0 Å². The lowest BCUT2D eigenvalue weighted by Gasteiger charge is -2.11. The zero-order valence-corrected chi connectivity index (χ0v) is 17.2. The van der Waals surface area contributed by atoms with E-state index in [9.17, 15) is 18.0 Å². The van der Waals surface area contributed by atoms with Gasteiger partial charge in [0, 0.05) is 11.8 Å². The molecule has 1 aliphatic carbocycles. The average Bonchev–Trinajstić information content (AvgIpc) is 3.36. The Balaban J connectivity index is 1.49. The molecule has 0 spiro atoms. The van der Waals surface area contributed by atoms with Gasteiger partial charge in [-0.05, 0) is 52.9 Å². The van der Waals surface area contributed by atoms with E-state index in [1.54, 1.807) is 18.2 Å². The van der Waals surface area contributed by atoms with E-state index in [0.29, 0.717) is 5.69 Å². The summed E-state index contributed by atoms with van der Waals surface area (Å²) >= 11 is 6.15. The first kappa shape index (κ1) is 20.3. The molecular formula is C24H15ClF3N3O. The lowest BCUT2D eigenvalue weighted by Crippen LogP contribution is -2.17. The molecule has 5 rings (SSSR count). The molecule has 0 atom stereocenters. The fourth-order valence-corrected chi connectivity index (χ4v) is 4.12. The van der Waals surface area contributed by atoms with Crippen molar-refractivity contribution in [1.82, 2.24) is 9.78 Å². The summed E-state index contributed by atoms with van der Waals surface area (Å²) in [6, 6.07) is 20.5. The third-order valence-electron chi connectivity index (χ3n) is 5.36. The Kier molecular flexibility index (Phi) is 4.78. The first-order valence-electron chi connectivity index (χ1n) is 9.76. The molecule has 160 valence electrons. The van der Waals surface area contributed by atoms with Gasteiger partial charge in [-0.3, -0.25) is 4.79 Å². The number of fused-ring (bicyclic) bond motifs is 3. The van der Waals surface area contributed by atoms with E-state index in [4.69, 9.17) is 11.6 Å². The average molecular weight is 454 g/mol. The lowest BCUT2D eigenvalue weighted by molar-refractivity contribution is -0.141. The molecule has 0 radical (unpaired) electrons. The number of para-hydroxylation sites is 1. The van der Waals surface area contributed by atoms with E-state index >= 15 is 0 Å². The Bertz CT molecular complexity index is 1360. The summed E-state index contributed by atoms with van der Waals surface area (Å²) in [5, 5.41) is 6.48. The van der Waals surface area contributed by atoms with Crippen LogP contribution < -0.4 is 5.32 Å². The molecule has 4 nitrogen and oxygen atoms in total. The second-order valence-electron chi connectivity index (χ2n) is 7.44. The van der Waals surface area contributed by atoms with Gasteiger partial charge in [-0.15, -0.1) is 0 Å². The first-order valence-corrected chi connectivity index (χ1v) is 10.1. The number of amides is 1. The largest absolute Gasteiger partial charge is 0.435 e. The number of halogens is 4. The summed E-state index contributed by atoms with van der Waals surface area (Å²) in [6.07, 6.45) is -3.98. The quantitative estimate of drug-likeness (QED) is 0.345. The smallest absolute Gasteiger partial charge is 0.321 e. The zero-order valence-electron chi connectivity index (χ0n) is 16.4. The molecule has 0 unspecified atom stereocenters. The molecule has 8 heteroatoms. The van der Waals surface area contributed by atoms with Crippen molar-refractivity contribution in [2.24, 2.45) is 0 Å². The molecule has 3 aromatic carbocycles. The molecule has 0 fully saturated rings. The second kappa shape index (κ2) is 7.53. The van der Waals surface area contributed by atoms with Crippen molar-refractivity contribution in [3.63, 3.8) is 0 Å². The first-order chi connectivity index (χ1) is 15.3. The van der Waals surface area contributed by atoms with Crippen molar-refractivity contribution in [3.05, 3.63) is 100 Å². The SMILES string of the molecule is O=C(Nc1ccc2c(c1)Cc1ccccc1-2)c1cc(C(F)(F)F)nn1-c1ccccc1Cl. The Morgan fingerprint density at radius 1 is 0.938 bits per heavy atom. The number of carbonyl (C=O) groups excluding carboxylic acids is 1. The third-order valence-corrected chi connectivity index (χ3v) is 5.68. The maximum Gasteiger partial charge on any atom is 0.435 e. The number of alkyl halides is 3. The topological polar surface area (TPSA) is 46.9 Å². The van der Waals surface area contributed by atoms with E-state index in [1.165, 1.54) is 17.7 Å². The molecular weight excluding hydrogens is 439 g/mol. The summed E-state index contributed by atoms with van der Waals surface area (Å²) in [5.41, 5.74) is 3.69. The Morgan fingerprint density at radius 3 is 2.44 bits per heavy atom. The number of rotatable bonds is 3. The minimum absolute atomic E-state index is 0.175. The van der Waals surface area contributed by atoms with Crippen LogP contribution in [0.25, 0.3) is 16.8 Å². The normalized spacial score (nSPS) is 12.4. The van der Waals surface area contributed by atoms with Crippen molar-refractivity contribution in [3.8, 4) is 16.8 Å². The number of nitrogens with one attached hydrogen (secondary N) is 1. The minimum atomic E-state index is -4.71. The monoisotopic (exact) mass is 453 g/mol. The number of hydrogen-bond acceptors (Lipinski definition) is 2. The Hall–Kier alpha value is -3.58. The van der Waals surface area contributed by atoms with E-state index in [0.717, 1.165) is 33.9 Å². The van der Waals surface area contributed by atoms with Gasteiger partial charge in [0.2, 0.25) is 0 Å². The Labute approximate surface area is 186 Å². The molecule has 1 N–H and O–H groups in total. The van der Waals surface area contributed by atoms with Crippen LogP contribution in [0.3, 0.4) is 0 Å². The highest BCUT2D eigenvalue weighted by Gasteiger charge is 2.36. The van der Waals surface area contributed by atoms with Crippen molar-refractivity contribution >= 4 is 23.2 Å². The molecule has 32 heavy (non-hydrogen) atoms. The number of aromatic nitrogens is 2. The molecule has 0 saturated carbocycles. The van der Waals surface area contributed by atoms with Crippen LogP contribution in [0.1, 0.15) is 27.3 Å².